The Labute approximate surface area is 64.6 Å². The van der Waals surface area contributed by atoms with Gasteiger partial charge in [0, 0.05) is 5.70 Å². The van der Waals surface area contributed by atoms with Crippen molar-refractivity contribution in [3.05, 3.63) is 23.9 Å². The molecule has 0 aromatic carbocycles. The molecule has 0 fully saturated rings. The van der Waals surface area contributed by atoms with Gasteiger partial charge in [0.2, 0.25) is 0 Å². The average molecular weight is 141 g/mol. The van der Waals surface area contributed by atoms with Gasteiger partial charge in [0.25, 0.3) is 0 Å². The number of allylic oxidation sites excluding steroid dienone is 3. The lowest BCUT2D eigenvalue weighted by Gasteiger charge is -1.86. The molecule has 10 heavy (non-hydrogen) atoms. The van der Waals surface area contributed by atoms with Gasteiger partial charge in [-0.1, -0.05) is 32.9 Å². The molecule has 60 valence electrons. The van der Waals surface area contributed by atoms with Gasteiger partial charge in [-0.2, -0.15) is 0 Å². The van der Waals surface area contributed by atoms with Gasteiger partial charge >= 0.3 is 0 Å². The molecular weight excluding hydrogens is 122 g/mol. The van der Waals surface area contributed by atoms with Gasteiger partial charge in [-0.3, -0.25) is 0 Å². The molecule has 0 heterocycles. The fourth-order valence-electron chi connectivity index (χ4n) is 0.496. The Morgan fingerprint density at radius 2 is 1.90 bits per heavy atom. The molecule has 2 N–H and O–H groups in total. The van der Waals surface area contributed by atoms with Crippen LogP contribution in [-0.4, -0.2) is 0 Å². The number of hydrogen-bond donors (Lipinski definition) is 1. The standard InChI is InChI=1S/C7H13N.C2H6/c1-3-5-7(8)6-4-2;1-2/h3,5-6H,4,8H2,1-2H3;1-2H3/b5-3-,7-6+;. The smallest absolute Gasteiger partial charge is 0.0270 e. The molecule has 0 saturated heterocycles. The first-order valence-corrected chi connectivity index (χ1v) is 3.89. The monoisotopic (exact) mass is 141 g/mol. The van der Waals surface area contributed by atoms with E-state index in [1.165, 1.54) is 0 Å². The van der Waals surface area contributed by atoms with Gasteiger partial charge in [0.15, 0.2) is 0 Å². The van der Waals surface area contributed by atoms with Crippen molar-refractivity contribution in [1.29, 1.82) is 0 Å². The van der Waals surface area contributed by atoms with Crippen LogP contribution < -0.4 is 5.73 Å². The van der Waals surface area contributed by atoms with Gasteiger partial charge in [0.1, 0.15) is 0 Å². The van der Waals surface area contributed by atoms with Crippen LogP contribution >= 0.6 is 0 Å². The highest BCUT2D eigenvalue weighted by atomic mass is 14.5. The van der Waals surface area contributed by atoms with Crippen molar-refractivity contribution in [2.45, 2.75) is 34.1 Å². The van der Waals surface area contributed by atoms with Gasteiger partial charge in [-0.05, 0) is 19.4 Å². The minimum atomic E-state index is 0.856. The van der Waals surface area contributed by atoms with Crippen molar-refractivity contribution >= 4 is 0 Å². The summed E-state index contributed by atoms with van der Waals surface area (Å²) >= 11 is 0. The Balaban J connectivity index is 0. The van der Waals surface area contributed by atoms with E-state index >= 15 is 0 Å². The third kappa shape index (κ3) is 10.3. The Morgan fingerprint density at radius 3 is 2.20 bits per heavy atom. The van der Waals surface area contributed by atoms with Crippen LogP contribution in [0.4, 0.5) is 0 Å². The molecule has 1 nitrogen and oxygen atoms in total. The van der Waals surface area contributed by atoms with Crippen molar-refractivity contribution in [3.8, 4) is 0 Å². The molecule has 0 saturated carbocycles. The Morgan fingerprint density at radius 1 is 1.40 bits per heavy atom. The molecule has 0 atom stereocenters. The SMILES string of the molecule is C/C=C\C(N)=C/CC.CC. The van der Waals surface area contributed by atoms with E-state index in [0.29, 0.717) is 0 Å². The molecule has 0 amide bonds. The minimum Gasteiger partial charge on any atom is -0.399 e. The van der Waals surface area contributed by atoms with Crippen molar-refractivity contribution < 1.29 is 0 Å². The first kappa shape index (κ1) is 12.0. The summed E-state index contributed by atoms with van der Waals surface area (Å²) < 4.78 is 0. The third-order valence-electron chi connectivity index (χ3n) is 0.799. The predicted molar refractivity (Wildman–Crippen MR) is 48.7 cm³/mol. The second kappa shape index (κ2) is 11.1. The number of hydrogen-bond acceptors (Lipinski definition) is 1. The lowest BCUT2D eigenvalue weighted by molar-refractivity contribution is 1.18. The maximum absolute atomic E-state index is 5.47. The largest absolute Gasteiger partial charge is 0.399 e. The van der Waals surface area contributed by atoms with Gasteiger partial charge in [0.05, 0.1) is 0 Å². The van der Waals surface area contributed by atoms with E-state index in [9.17, 15) is 0 Å². The normalized spacial score (nSPS) is 11.0. The van der Waals surface area contributed by atoms with Crippen LogP contribution in [0.15, 0.2) is 23.9 Å². The minimum absolute atomic E-state index is 0.856. The van der Waals surface area contributed by atoms with Crippen molar-refractivity contribution in [1.82, 2.24) is 0 Å². The highest BCUT2D eigenvalue weighted by Gasteiger charge is 1.74. The molecule has 0 aliphatic carbocycles. The molecule has 0 rings (SSSR count). The van der Waals surface area contributed by atoms with Crippen molar-refractivity contribution in [3.63, 3.8) is 0 Å². The molecule has 0 aromatic rings. The molecule has 1 heteroatoms. The number of rotatable bonds is 2. The van der Waals surface area contributed by atoms with E-state index in [2.05, 4.69) is 6.92 Å². The summed E-state index contributed by atoms with van der Waals surface area (Å²) in [5.41, 5.74) is 6.33. The Kier molecular flexibility index (Phi) is 13.4. The van der Waals surface area contributed by atoms with Gasteiger partial charge in [-0.25, -0.2) is 0 Å². The van der Waals surface area contributed by atoms with E-state index in [0.717, 1.165) is 12.1 Å². The maximum Gasteiger partial charge on any atom is 0.0270 e. The highest BCUT2D eigenvalue weighted by molar-refractivity contribution is 5.13. The summed E-state index contributed by atoms with van der Waals surface area (Å²) in [4.78, 5) is 0. The first-order chi connectivity index (χ1) is 4.81. The van der Waals surface area contributed by atoms with E-state index in [1.807, 2.05) is 39.0 Å². The van der Waals surface area contributed by atoms with E-state index in [1.54, 1.807) is 0 Å². The molecule has 0 spiro atoms. The van der Waals surface area contributed by atoms with Gasteiger partial charge < -0.3 is 5.73 Å². The van der Waals surface area contributed by atoms with Crippen molar-refractivity contribution in [2.24, 2.45) is 5.73 Å². The second-order valence-corrected chi connectivity index (χ2v) is 1.61. The quantitative estimate of drug-likeness (QED) is 0.588. The fraction of sp³-hybridized carbons (Fsp3) is 0.556. The molecule has 0 radical (unpaired) electrons. The molecule has 0 aliphatic rings. The van der Waals surface area contributed by atoms with Crippen LogP contribution in [0.25, 0.3) is 0 Å². The van der Waals surface area contributed by atoms with Crippen LogP contribution in [-0.2, 0) is 0 Å². The summed E-state index contributed by atoms with van der Waals surface area (Å²) in [6.07, 6.45) is 6.82. The predicted octanol–water partition coefficient (Wildman–Crippen LogP) is 2.84. The maximum atomic E-state index is 5.47. The molecule has 0 unspecified atom stereocenters. The molecule has 0 aliphatic heterocycles. The number of nitrogens with two attached hydrogens (primary N) is 1. The fourth-order valence-corrected chi connectivity index (χ4v) is 0.496. The average Bonchev–Trinajstić information content (AvgIpc) is 1.93. The zero-order chi connectivity index (χ0) is 8.41. The van der Waals surface area contributed by atoms with E-state index in [4.69, 9.17) is 5.73 Å². The summed E-state index contributed by atoms with van der Waals surface area (Å²) in [7, 11) is 0. The van der Waals surface area contributed by atoms with Gasteiger partial charge in [-0.15, -0.1) is 0 Å². The molecule has 0 bridgehead atoms. The van der Waals surface area contributed by atoms with E-state index in [-0.39, 0.29) is 0 Å². The van der Waals surface area contributed by atoms with Crippen LogP contribution in [0.2, 0.25) is 0 Å². The second-order valence-electron chi connectivity index (χ2n) is 1.61. The van der Waals surface area contributed by atoms with Crippen molar-refractivity contribution in [2.75, 3.05) is 0 Å². The third-order valence-corrected chi connectivity index (χ3v) is 0.799. The Bertz CT molecular complexity index is 101. The zero-order valence-electron chi connectivity index (χ0n) is 7.52. The zero-order valence-corrected chi connectivity index (χ0v) is 7.52. The lowest BCUT2D eigenvalue weighted by atomic mass is 10.3. The highest BCUT2D eigenvalue weighted by Crippen LogP contribution is 1.88. The summed E-state index contributed by atoms with van der Waals surface area (Å²) in [6.45, 7) is 8.02. The van der Waals surface area contributed by atoms with Crippen LogP contribution in [0.1, 0.15) is 34.1 Å². The van der Waals surface area contributed by atoms with Crippen LogP contribution in [0.3, 0.4) is 0 Å². The topological polar surface area (TPSA) is 26.0 Å². The van der Waals surface area contributed by atoms with Crippen LogP contribution in [0, 0.1) is 0 Å². The van der Waals surface area contributed by atoms with Crippen LogP contribution in [0.5, 0.6) is 0 Å². The summed E-state index contributed by atoms with van der Waals surface area (Å²) in [5, 5.41) is 0. The first-order valence-electron chi connectivity index (χ1n) is 3.89. The molecular formula is C9H19N. The Hall–Kier alpha value is -0.720. The lowest BCUT2D eigenvalue weighted by Crippen LogP contribution is -1.90. The van der Waals surface area contributed by atoms with E-state index < -0.39 is 0 Å². The summed E-state index contributed by atoms with van der Waals surface area (Å²) in [6, 6.07) is 0. The summed E-state index contributed by atoms with van der Waals surface area (Å²) in [5.74, 6) is 0. The molecule has 0 aromatic heterocycles.